The second-order valence-electron chi connectivity index (χ2n) is 7.83. The molecule has 1 aromatic carbocycles. The average molecular weight is 399 g/mol. The molecule has 6 heteroatoms. The first kappa shape index (κ1) is 18.6. The van der Waals surface area contributed by atoms with Gasteiger partial charge in [0.2, 0.25) is 0 Å². The minimum Gasteiger partial charge on any atom is -0.389 e. The number of benzene rings is 1. The van der Waals surface area contributed by atoms with E-state index in [4.69, 9.17) is 9.99 Å². The fourth-order valence-electron chi connectivity index (χ4n) is 4.46. The molecule has 0 spiro atoms. The Morgan fingerprint density at radius 3 is 2.77 bits per heavy atom. The van der Waals surface area contributed by atoms with Crippen LogP contribution in [-0.2, 0) is 31.5 Å². The number of rotatable bonds is 5. The molecule has 3 aromatic heterocycles. The molecule has 4 aromatic rings. The highest BCUT2D eigenvalue weighted by atomic mass is 16.6. The first-order chi connectivity index (χ1) is 14.7. The highest BCUT2D eigenvalue weighted by Gasteiger charge is 2.31. The third kappa shape index (κ3) is 3.28. The van der Waals surface area contributed by atoms with E-state index in [1.54, 1.807) is 6.20 Å². The van der Waals surface area contributed by atoms with Crippen LogP contribution in [0, 0.1) is 12.8 Å². The predicted molar refractivity (Wildman–Crippen MR) is 117 cm³/mol. The molecule has 0 aliphatic heterocycles. The zero-order valence-electron chi connectivity index (χ0n) is 17.3. The van der Waals surface area contributed by atoms with Crippen LogP contribution in [0.5, 0.6) is 0 Å². The number of oxime groups is 1. The molecule has 30 heavy (non-hydrogen) atoms. The zero-order valence-corrected chi connectivity index (χ0v) is 17.3. The van der Waals surface area contributed by atoms with Gasteiger partial charge in [-0.25, -0.2) is 4.98 Å². The summed E-state index contributed by atoms with van der Waals surface area (Å²) in [4.78, 5) is 14.6. The van der Waals surface area contributed by atoms with Crippen LogP contribution in [0.1, 0.15) is 29.2 Å². The molecule has 0 N–H and O–H groups in total. The number of pyridine rings is 1. The third-order valence-electron chi connectivity index (χ3n) is 6.04. The largest absolute Gasteiger partial charge is 0.389 e. The minimum atomic E-state index is 0.264. The summed E-state index contributed by atoms with van der Waals surface area (Å²) in [6.45, 7) is 3.25. The molecule has 5 rings (SSSR count). The van der Waals surface area contributed by atoms with Crippen LogP contribution in [0.25, 0.3) is 10.9 Å². The predicted octanol–water partition coefficient (Wildman–Crippen LogP) is 4.26. The average Bonchev–Trinajstić information content (AvgIpc) is 3.31. The van der Waals surface area contributed by atoms with Gasteiger partial charge < -0.3 is 14.0 Å². The van der Waals surface area contributed by atoms with Crippen molar-refractivity contribution >= 4 is 16.6 Å². The Balaban J connectivity index is 1.55. The summed E-state index contributed by atoms with van der Waals surface area (Å²) in [7, 11) is 2.15. The summed E-state index contributed by atoms with van der Waals surface area (Å²) >= 11 is 0. The minimum absolute atomic E-state index is 0.264. The molecule has 1 atom stereocenters. The van der Waals surface area contributed by atoms with Crippen molar-refractivity contribution in [3.63, 3.8) is 0 Å². The lowest BCUT2D eigenvalue weighted by Crippen LogP contribution is -2.28. The van der Waals surface area contributed by atoms with E-state index >= 15 is 0 Å². The summed E-state index contributed by atoms with van der Waals surface area (Å²) in [5.74, 6) is 1.28. The maximum Gasteiger partial charge on any atom is 0.159 e. The lowest BCUT2D eigenvalue weighted by Gasteiger charge is -2.26. The quantitative estimate of drug-likeness (QED) is 0.471. The maximum atomic E-state index is 5.85. The molecule has 0 fully saturated rings. The molecule has 3 heterocycles. The SMILES string of the molecule is Cc1nccn1CC1CCc2c(c3ccccc3n2C)C1=NOCc1ccccn1. The Kier molecular flexibility index (Phi) is 4.83. The Bertz CT molecular complexity index is 1210. The molecule has 0 amide bonds. The van der Waals surface area contributed by atoms with Gasteiger partial charge in [-0.3, -0.25) is 4.98 Å². The number of imidazole rings is 1. The highest BCUT2D eigenvalue weighted by Crippen LogP contribution is 2.35. The Morgan fingerprint density at radius 2 is 1.97 bits per heavy atom. The van der Waals surface area contributed by atoms with Crippen molar-refractivity contribution < 1.29 is 4.84 Å². The summed E-state index contributed by atoms with van der Waals surface area (Å²) in [6, 6.07) is 14.4. The number of nitrogens with zero attached hydrogens (tertiary/aromatic N) is 5. The van der Waals surface area contributed by atoms with Crippen molar-refractivity contribution in [2.75, 3.05) is 0 Å². The molecule has 1 aliphatic rings. The van der Waals surface area contributed by atoms with Crippen molar-refractivity contribution in [2.24, 2.45) is 18.1 Å². The van der Waals surface area contributed by atoms with Gasteiger partial charge in [-0.2, -0.15) is 0 Å². The second-order valence-corrected chi connectivity index (χ2v) is 7.83. The van der Waals surface area contributed by atoms with Gasteiger partial charge in [-0.15, -0.1) is 0 Å². The van der Waals surface area contributed by atoms with E-state index < -0.39 is 0 Å². The maximum absolute atomic E-state index is 5.85. The van der Waals surface area contributed by atoms with Crippen LogP contribution in [0.4, 0.5) is 0 Å². The van der Waals surface area contributed by atoms with Crippen molar-refractivity contribution in [3.05, 3.63) is 83.8 Å². The number of aromatic nitrogens is 4. The van der Waals surface area contributed by atoms with E-state index in [9.17, 15) is 0 Å². The second kappa shape index (κ2) is 7.78. The molecular formula is C24H25N5O. The molecule has 1 unspecified atom stereocenters. The molecule has 152 valence electrons. The first-order valence-corrected chi connectivity index (χ1v) is 10.4. The van der Waals surface area contributed by atoms with Gasteiger partial charge in [0, 0.05) is 60.3 Å². The zero-order chi connectivity index (χ0) is 20.5. The van der Waals surface area contributed by atoms with Crippen LogP contribution in [-0.4, -0.2) is 24.8 Å². The van der Waals surface area contributed by atoms with Crippen molar-refractivity contribution in [1.82, 2.24) is 19.1 Å². The normalized spacial score (nSPS) is 17.4. The Morgan fingerprint density at radius 1 is 1.10 bits per heavy atom. The molecule has 0 saturated carbocycles. The molecule has 0 bridgehead atoms. The molecule has 0 radical (unpaired) electrons. The van der Waals surface area contributed by atoms with Crippen LogP contribution in [0.2, 0.25) is 0 Å². The van der Waals surface area contributed by atoms with Crippen LogP contribution < -0.4 is 0 Å². The van der Waals surface area contributed by atoms with Crippen LogP contribution >= 0.6 is 0 Å². The lowest BCUT2D eigenvalue weighted by atomic mass is 9.84. The number of hydrogen-bond donors (Lipinski definition) is 0. The van der Waals surface area contributed by atoms with Gasteiger partial charge >= 0.3 is 0 Å². The Labute approximate surface area is 175 Å². The number of fused-ring (bicyclic) bond motifs is 3. The molecule has 0 saturated heterocycles. The lowest BCUT2D eigenvalue weighted by molar-refractivity contribution is 0.125. The van der Waals surface area contributed by atoms with Crippen molar-refractivity contribution in [2.45, 2.75) is 32.9 Å². The monoisotopic (exact) mass is 399 g/mol. The third-order valence-corrected chi connectivity index (χ3v) is 6.04. The van der Waals surface area contributed by atoms with Gasteiger partial charge in [-0.1, -0.05) is 29.4 Å². The number of para-hydroxylation sites is 1. The van der Waals surface area contributed by atoms with Gasteiger partial charge in [-0.05, 0) is 38.0 Å². The van der Waals surface area contributed by atoms with E-state index in [1.165, 1.54) is 22.2 Å². The summed E-state index contributed by atoms with van der Waals surface area (Å²) < 4.78 is 4.51. The number of aryl methyl sites for hydroxylation is 2. The van der Waals surface area contributed by atoms with E-state index in [-0.39, 0.29) is 5.92 Å². The molecule has 6 nitrogen and oxygen atoms in total. The van der Waals surface area contributed by atoms with Crippen LogP contribution in [0.15, 0.2) is 66.2 Å². The van der Waals surface area contributed by atoms with Crippen molar-refractivity contribution in [3.8, 4) is 0 Å². The smallest absolute Gasteiger partial charge is 0.159 e. The fourth-order valence-corrected chi connectivity index (χ4v) is 4.46. The summed E-state index contributed by atoms with van der Waals surface area (Å²) in [6.07, 6.45) is 7.73. The van der Waals surface area contributed by atoms with Crippen LogP contribution in [0.3, 0.4) is 0 Å². The van der Waals surface area contributed by atoms with E-state index in [1.807, 2.05) is 37.5 Å². The van der Waals surface area contributed by atoms with E-state index in [0.29, 0.717) is 6.61 Å². The van der Waals surface area contributed by atoms with Gasteiger partial charge in [0.15, 0.2) is 6.61 Å². The summed E-state index contributed by atoms with van der Waals surface area (Å²) in [5.41, 5.74) is 5.69. The van der Waals surface area contributed by atoms with Gasteiger partial charge in [0.1, 0.15) is 5.82 Å². The highest BCUT2D eigenvalue weighted by molar-refractivity contribution is 6.13. The van der Waals surface area contributed by atoms with Gasteiger partial charge in [0.25, 0.3) is 0 Å². The standard InChI is InChI=1S/C24H25N5O/c1-17-25-13-14-29(17)15-18-10-11-22-23(20-8-3-4-9-21(20)28(22)2)24(18)27-30-16-19-7-5-6-12-26-19/h3-9,12-14,18H,10-11,15-16H2,1-2H3. The fraction of sp³-hybridized carbons (Fsp3) is 0.292. The first-order valence-electron chi connectivity index (χ1n) is 10.4. The number of hydrogen-bond acceptors (Lipinski definition) is 4. The van der Waals surface area contributed by atoms with E-state index in [2.05, 4.69) is 50.4 Å². The van der Waals surface area contributed by atoms with Crippen molar-refractivity contribution in [1.29, 1.82) is 0 Å². The topological polar surface area (TPSA) is 57.2 Å². The van der Waals surface area contributed by atoms with E-state index in [0.717, 1.165) is 36.6 Å². The molecular weight excluding hydrogens is 374 g/mol. The van der Waals surface area contributed by atoms with Gasteiger partial charge in [0.05, 0.1) is 11.4 Å². The Hall–Kier alpha value is -3.41. The molecule has 1 aliphatic carbocycles. The summed E-state index contributed by atoms with van der Waals surface area (Å²) in [5, 5.41) is 5.94.